The number of hydrogen-bond acceptors (Lipinski definition) is 5. The van der Waals surface area contributed by atoms with Crippen LogP contribution in [0.4, 0.5) is 5.95 Å². The molecule has 2 atom stereocenters. The maximum absolute atomic E-state index is 5.97. The molecule has 2 heterocycles. The third kappa shape index (κ3) is 2.85. The van der Waals surface area contributed by atoms with E-state index in [1.165, 1.54) is 6.42 Å². The van der Waals surface area contributed by atoms with Gasteiger partial charge in [-0.15, -0.1) is 0 Å². The molecule has 0 amide bonds. The smallest absolute Gasteiger partial charge is 0.225 e. The summed E-state index contributed by atoms with van der Waals surface area (Å²) in [6.07, 6.45) is 5.77. The van der Waals surface area contributed by atoms with Gasteiger partial charge in [0.1, 0.15) is 0 Å². The van der Waals surface area contributed by atoms with Gasteiger partial charge in [-0.3, -0.25) is 0 Å². The van der Waals surface area contributed by atoms with Crippen molar-refractivity contribution in [2.45, 2.75) is 25.8 Å². The Labute approximate surface area is 102 Å². The van der Waals surface area contributed by atoms with Crippen LogP contribution in [0.2, 0.25) is 0 Å². The van der Waals surface area contributed by atoms with Crippen molar-refractivity contribution in [3.8, 4) is 5.75 Å². The Morgan fingerprint density at radius 2 is 2.18 bits per heavy atom. The summed E-state index contributed by atoms with van der Waals surface area (Å²) in [5.41, 5.74) is 5.97. The van der Waals surface area contributed by atoms with Gasteiger partial charge in [-0.2, -0.15) is 0 Å². The van der Waals surface area contributed by atoms with Crippen molar-refractivity contribution < 1.29 is 4.74 Å². The fourth-order valence-electron chi connectivity index (χ4n) is 2.20. The van der Waals surface area contributed by atoms with Gasteiger partial charge in [0, 0.05) is 19.1 Å². The molecule has 5 nitrogen and oxygen atoms in total. The van der Waals surface area contributed by atoms with Crippen molar-refractivity contribution in [2.75, 3.05) is 25.1 Å². The molecule has 1 aromatic heterocycles. The number of rotatable bonds is 3. The first-order valence-corrected chi connectivity index (χ1v) is 6.07. The Morgan fingerprint density at radius 1 is 1.47 bits per heavy atom. The standard InChI is InChI=1S/C12H20N4O/c1-9(13)10-4-3-5-16(8-10)12-14-6-11(17-2)7-15-12/h6-7,9-10H,3-5,8,13H2,1-2H3. The van der Waals surface area contributed by atoms with Crippen LogP contribution in [0, 0.1) is 5.92 Å². The van der Waals surface area contributed by atoms with Gasteiger partial charge in [0.25, 0.3) is 0 Å². The van der Waals surface area contributed by atoms with E-state index < -0.39 is 0 Å². The minimum Gasteiger partial charge on any atom is -0.494 e. The molecule has 2 rings (SSSR count). The van der Waals surface area contributed by atoms with Gasteiger partial charge in [0.2, 0.25) is 5.95 Å². The molecular weight excluding hydrogens is 216 g/mol. The molecule has 0 spiro atoms. The molecule has 2 unspecified atom stereocenters. The SMILES string of the molecule is COc1cnc(N2CCCC(C(C)N)C2)nc1. The number of piperidine rings is 1. The van der Waals surface area contributed by atoms with Gasteiger partial charge in [0.15, 0.2) is 5.75 Å². The molecular formula is C12H20N4O. The van der Waals surface area contributed by atoms with Crippen molar-refractivity contribution in [2.24, 2.45) is 11.7 Å². The lowest BCUT2D eigenvalue weighted by Crippen LogP contribution is -2.43. The number of ether oxygens (including phenoxy) is 1. The molecule has 0 saturated carbocycles. The average molecular weight is 236 g/mol. The lowest BCUT2D eigenvalue weighted by atomic mass is 9.92. The Kier molecular flexibility index (Phi) is 3.78. The van der Waals surface area contributed by atoms with Gasteiger partial charge in [0.05, 0.1) is 19.5 Å². The zero-order valence-corrected chi connectivity index (χ0v) is 10.5. The summed E-state index contributed by atoms with van der Waals surface area (Å²) in [5, 5.41) is 0. The van der Waals surface area contributed by atoms with E-state index in [0.29, 0.717) is 11.7 Å². The third-order valence-corrected chi connectivity index (χ3v) is 3.33. The third-order valence-electron chi connectivity index (χ3n) is 3.33. The number of aromatic nitrogens is 2. The van der Waals surface area contributed by atoms with Gasteiger partial charge in [-0.25, -0.2) is 9.97 Å². The van der Waals surface area contributed by atoms with Gasteiger partial charge >= 0.3 is 0 Å². The van der Waals surface area contributed by atoms with Crippen LogP contribution < -0.4 is 15.4 Å². The topological polar surface area (TPSA) is 64.3 Å². The summed E-state index contributed by atoms with van der Waals surface area (Å²) in [4.78, 5) is 10.8. The zero-order chi connectivity index (χ0) is 12.3. The highest BCUT2D eigenvalue weighted by atomic mass is 16.5. The van der Waals surface area contributed by atoms with Gasteiger partial charge in [-0.1, -0.05) is 0 Å². The number of methoxy groups -OCH3 is 1. The molecule has 17 heavy (non-hydrogen) atoms. The summed E-state index contributed by atoms with van der Waals surface area (Å²) in [7, 11) is 1.62. The van der Waals surface area contributed by atoms with E-state index in [-0.39, 0.29) is 6.04 Å². The van der Waals surface area contributed by atoms with Crippen molar-refractivity contribution in [3.05, 3.63) is 12.4 Å². The molecule has 0 radical (unpaired) electrons. The average Bonchev–Trinajstić information content (AvgIpc) is 2.39. The summed E-state index contributed by atoms with van der Waals surface area (Å²) < 4.78 is 5.05. The second kappa shape index (κ2) is 5.31. The quantitative estimate of drug-likeness (QED) is 0.849. The summed E-state index contributed by atoms with van der Waals surface area (Å²) in [6.45, 7) is 4.03. The maximum Gasteiger partial charge on any atom is 0.225 e. The number of hydrogen-bond donors (Lipinski definition) is 1. The van der Waals surface area contributed by atoms with E-state index >= 15 is 0 Å². The van der Waals surface area contributed by atoms with Crippen LogP contribution >= 0.6 is 0 Å². The Balaban J connectivity index is 2.05. The highest BCUT2D eigenvalue weighted by Gasteiger charge is 2.24. The van der Waals surface area contributed by atoms with Crippen LogP contribution in [-0.2, 0) is 0 Å². The summed E-state index contributed by atoms with van der Waals surface area (Å²) in [5.74, 6) is 2.00. The highest BCUT2D eigenvalue weighted by Crippen LogP contribution is 2.22. The number of nitrogens with zero attached hydrogens (tertiary/aromatic N) is 3. The molecule has 5 heteroatoms. The summed E-state index contributed by atoms with van der Waals surface area (Å²) >= 11 is 0. The minimum absolute atomic E-state index is 0.232. The predicted molar refractivity (Wildman–Crippen MR) is 67.2 cm³/mol. The second-order valence-electron chi connectivity index (χ2n) is 4.63. The highest BCUT2D eigenvalue weighted by molar-refractivity contribution is 5.32. The largest absolute Gasteiger partial charge is 0.494 e. The van der Waals surface area contributed by atoms with Crippen molar-refractivity contribution >= 4 is 5.95 Å². The van der Waals surface area contributed by atoms with E-state index in [0.717, 1.165) is 25.5 Å². The minimum atomic E-state index is 0.232. The van der Waals surface area contributed by atoms with Crippen LogP contribution in [0.1, 0.15) is 19.8 Å². The van der Waals surface area contributed by atoms with Crippen molar-refractivity contribution in [1.29, 1.82) is 0 Å². The van der Waals surface area contributed by atoms with Gasteiger partial charge in [-0.05, 0) is 25.7 Å². The van der Waals surface area contributed by atoms with Crippen molar-refractivity contribution in [3.63, 3.8) is 0 Å². The molecule has 0 aromatic carbocycles. The fourth-order valence-corrected chi connectivity index (χ4v) is 2.20. The molecule has 1 saturated heterocycles. The fraction of sp³-hybridized carbons (Fsp3) is 0.667. The summed E-state index contributed by atoms with van der Waals surface area (Å²) in [6, 6.07) is 0.232. The number of anilines is 1. The molecule has 1 aliphatic rings. The van der Waals surface area contributed by atoms with Crippen LogP contribution in [-0.4, -0.2) is 36.2 Å². The van der Waals surface area contributed by atoms with Crippen LogP contribution in [0.5, 0.6) is 5.75 Å². The zero-order valence-electron chi connectivity index (χ0n) is 10.5. The molecule has 1 aliphatic heterocycles. The first kappa shape index (κ1) is 12.1. The predicted octanol–water partition coefficient (Wildman–Crippen LogP) is 1.05. The molecule has 0 aliphatic carbocycles. The first-order valence-electron chi connectivity index (χ1n) is 6.07. The van der Waals surface area contributed by atoms with E-state index in [9.17, 15) is 0 Å². The van der Waals surface area contributed by atoms with E-state index in [4.69, 9.17) is 10.5 Å². The molecule has 94 valence electrons. The van der Waals surface area contributed by atoms with Crippen LogP contribution in [0.15, 0.2) is 12.4 Å². The molecule has 0 bridgehead atoms. The van der Waals surface area contributed by atoms with E-state index in [1.807, 2.05) is 0 Å². The normalized spacial score (nSPS) is 22.3. The van der Waals surface area contributed by atoms with Crippen molar-refractivity contribution in [1.82, 2.24) is 9.97 Å². The Bertz CT molecular complexity index is 352. The second-order valence-corrected chi connectivity index (χ2v) is 4.63. The molecule has 1 aromatic rings. The van der Waals surface area contributed by atoms with Gasteiger partial charge < -0.3 is 15.4 Å². The lowest BCUT2D eigenvalue weighted by molar-refractivity contribution is 0.361. The van der Waals surface area contributed by atoms with E-state index in [1.54, 1.807) is 19.5 Å². The number of nitrogens with two attached hydrogens (primary N) is 1. The Morgan fingerprint density at radius 3 is 2.76 bits per heavy atom. The molecule has 2 N–H and O–H groups in total. The monoisotopic (exact) mass is 236 g/mol. The van der Waals surface area contributed by atoms with Crippen LogP contribution in [0.3, 0.4) is 0 Å². The first-order chi connectivity index (χ1) is 8.20. The van der Waals surface area contributed by atoms with Crippen LogP contribution in [0.25, 0.3) is 0 Å². The van der Waals surface area contributed by atoms with E-state index in [2.05, 4.69) is 21.8 Å². The molecule has 1 fully saturated rings. The maximum atomic E-state index is 5.97. The Hall–Kier alpha value is -1.36. The lowest BCUT2D eigenvalue weighted by Gasteiger charge is -2.34.